The van der Waals surface area contributed by atoms with Gasteiger partial charge in [0, 0.05) is 38.4 Å². The number of likely N-dealkylation sites (N-methyl/N-ethyl adjacent to an activating group) is 1. The highest BCUT2D eigenvalue weighted by Gasteiger charge is 2.16. The second-order valence-corrected chi connectivity index (χ2v) is 5.98. The van der Waals surface area contributed by atoms with Crippen LogP contribution in [0.3, 0.4) is 0 Å². The first kappa shape index (κ1) is 19.3. The highest BCUT2D eigenvalue weighted by atomic mass is 19.2. The smallest absolute Gasteiger partial charge is 0.256 e. The van der Waals surface area contributed by atoms with Crippen molar-refractivity contribution in [3.05, 3.63) is 77.6 Å². The topological polar surface area (TPSA) is 71.0 Å². The molecule has 28 heavy (non-hydrogen) atoms. The number of halogens is 3. The van der Waals surface area contributed by atoms with E-state index in [0.717, 1.165) is 17.7 Å². The molecule has 0 fully saturated rings. The average molecular weight is 387 g/mol. The number of carbonyl (C=O) groups is 1. The van der Waals surface area contributed by atoms with Crippen molar-refractivity contribution in [1.29, 1.82) is 0 Å². The maximum absolute atomic E-state index is 13.7. The van der Waals surface area contributed by atoms with Crippen LogP contribution in [0.2, 0.25) is 0 Å². The van der Waals surface area contributed by atoms with E-state index < -0.39 is 17.5 Å². The van der Waals surface area contributed by atoms with E-state index in [4.69, 9.17) is 0 Å². The Bertz CT molecular complexity index is 967. The standard InChI is InChI=1S/C19H16F3N5O/c1-27(9-6-12-4-7-23-8-5-12)18(28)13-10-24-19(25-11-13)26-15-3-2-14(20)16(21)17(15)22/h2-5,7-8,10-11H,6,9H2,1H3,(H,24,25,26). The van der Waals surface area contributed by atoms with Crippen molar-refractivity contribution in [2.24, 2.45) is 0 Å². The lowest BCUT2D eigenvalue weighted by Crippen LogP contribution is -2.29. The number of anilines is 2. The molecule has 0 radical (unpaired) electrons. The van der Waals surface area contributed by atoms with Gasteiger partial charge >= 0.3 is 0 Å². The Morgan fingerprint density at radius 3 is 2.39 bits per heavy atom. The van der Waals surface area contributed by atoms with Crippen molar-refractivity contribution in [3.8, 4) is 0 Å². The quantitative estimate of drug-likeness (QED) is 0.657. The third-order valence-electron chi connectivity index (χ3n) is 4.01. The van der Waals surface area contributed by atoms with E-state index >= 15 is 0 Å². The van der Waals surface area contributed by atoms with Crippen molar-refractivity contribution < 1.29 is 18.0 Å². The van der Waals surface area contributed by atoms with Crippen molar-refractivity contribution in [2.75, 3.05) is 18.9 Å². The lowest BCUT2D eigenvalue weighted by atomic mass is 10.2. The molecule has 0 saturated carbocycles. The van der Waals surface area contributed by atoms with Crippen LogP contribution in [-0.4, -0.2) is 39.4 Å². The molecule has 0 spiro atoms. The molecule has 2 heterocycles. The second-order valence-electron chi connectivity index (χ2n) is 5.98. The van der Waals surface area contributed by atoms with Gasteiger partial charge in [-0.2, -0.15) is 0 Å². The minimum Gasteiger partial charge on any atom is -0.341 e. The molecule has 1 aromatic carbocycles. The van der Waals surface area contributed by atoms with Crippen LogP contribution in [0.1, 0.15) is 15.9 Å². The van der Waals surface area contributed by atoms with Crippen LogP contribution in [0.4, 0.5) is 24.8 Å². The molecule has 1 amide bonds. The van der Waals surface area contributed by atoms with Crippen LogP contribution in [-0.2, 0) is 6.42 Å². The first-order valence-corrected chi connectivity index (χ1v) is 8.32. The Kier molecular flexibility index (Phi) is 5.83. The number of pyridine rings is 1. The summed E-state index contributed by atoms with van der Waals surface area (Å²) in [5.41, 5.74) is 0.986. The van der Waals surface area contributed by atoms with E-state index in [1.807, 2.05) is 12.1 Å². The highest BCUT2D eigenvalue weighted by molar-refractivity contribution is 5.93. The molecular weight excluding hydrogens is 371 g/mol. The summed E-state index contributed by atoms with van der Waals surface area (Å²) in [6, 6.07) is 5.57. The van der Waals surface area contributed by atoms with Gasteiger partial charge in [0.15, 0.2) is 17.5 Å². The number of rotatable bonds is 6. The number of hydrogen-bond acceptors (Lipinski definition) is 5. The minimum absolute atomic E-state index is 0.0547. The number of benzene rings is 1. The summed E-state index contributed by atoms with van der Waals surface area (Å²) >= 11 is 0. The van der Waals surface area contributed by atoms with Gasteiger partial charge in [-0.15, -0.1) is 0 Å². The SMILES string of the molecule is CN(CCc1ccncc1)C(=O)c1cnc(Nc2ccc(F)c(F)c2F)nc1. The van der Waals surface area contributed by atoms with Gasteiger partial charge in [-0.1, -0.05) is 0 Å². The van der Waals surface area contributed by atoms with Crippen LogP contribution in [0.5, 0.6) is 0 Å². The molecule has 1 N–H and O–H groups in total. The molecule has 0 aliphatic rings. The fraction of sp³-hybridized carbons (Fsp3) is 0.158. The predicted molar refractivity (Wildman–Crippen MR) is 96.5 cm³/mol. The average Bonchev–Trinajstić information content (AvgIpc) is 2.73. The maximum Gasteiger partial charge on any atom is 0.256 e. The summed E-state index contributed by atoms with van der Waals surface area (Å²) in [5.74, 6) is -4.59. The number of nitrogens with one attached hydrogen (secondary N) is 1. The molecule has 0 bridgehead atoms. The Balaban J connectivity index is 1.63. The number of carbonyl (C=O) groups excluding carboxylic acids is 1. The molecule has 144 valence electrons. The van der Waals surface area contributed by atoms with Gasteiger partial charge in [-0.05, 0) is 36.2 Å². The van der Waals surface area contributed by atoms with Crippen molar-refractivity contribution in [3.63, 3.8) is 0 Å². The normalized spacial score (nSPS) is 10.6. The molecule has 0 atom stereocenters. The first-order valence-electron chi connectivity index (χ1n) is 8.32. The zero-order valence-electron chi connectivity index (χ0n) is 14.9. The first-order chi connectivity index (χ1) is 13.5. The molecule has 0 unspecified atom stereocenters. The van der Waals surface area contributed by atoms with E-state index in [9.17, 15) is 18.0 Å². The molecule has 3 rings (SSSR count). The lowest BCUT2D eigenvalue weighted by Gasteiger charge is -2.17. The minimum atomic E-state index is -1.59. The van der Waals surface area contributed by atoms with Gasteiger partial charge in [0.05, 0.1) is 11.3 Å². The predicted octanol–water partition coefficient (Wildman–Crippen LogP) is 3.35. The zero-order valence-corrected chi connectivity index (χ0v) is 14.9. The van der Waals surface area contributed by atoms with E-state index in [-0.39, 0.29) is 23.1 Å². The van der Waals surface area contributed by atoms with Gasteiger partial charge in [0.2, 0.25) is 5.95 Å². The molecule has 3 aromatic rings. The lowest BCUT2D eigenvalue weighted by molar-refractivity contribution is 0.0796. The molecular formula is C19H16F3N5O. The van der Waals surface area contributed by atoms with Crippen LogP contribution < -0.4 is 5.32 Å². The Labute approximate surface area is 159 Å². The van der Waals surface area contributed by atoms with E-state index in [1.165, 1.54) is 17.3 Å². The van der Waals surface area contributed by atoms with Crippen molar-refractivity contribution in [1.82, 2.24) is 19.9 Å². The van der Waals surface area contributed by atoms with Gasteiger partial charge in [0.1, 0.15) is 0 Å². The van der Waals surface area contributed by atoms with Gasteiger partial charge in [0.25, 0.3) is 5.91 Å². The van der Waals surface area contributed by atoms with Gasteiger partial charge in [-0.25, -0.2) is 23.1 Å². The summed E-state index contributed by atoms with van der Waals surface area (Å²) < 4.78 is 39.9. The number of hydrogen-bond donors (Lipinski definition) is 1. The summed E-state index contributed by atoms with van der Waals surface area (Å²) in [7, 11) is 1.66. The van der Waals surface area contributed by atoms with E-state index in [0.29, 0.717) is 13.0 Å². The summed E-state index contributed by atoms with van der Waals surface area (Å²) in [5, 5.41) is 2.45. The number of aromatic nitrogens is 3. The largest absolute Gasteiger partial charge is 0.341 e. The molecule has 9 heteroatoms. The third-order valence-corrected chi connectivity index (χ3v) is 4.01. The number of nitrogens with zero attached hydrogens (tertiary/aromatic N) is 4. The van der Waals surface area contributed by atoms with Crippen LogP contribution >= 0.6 is 0 Å². The Hall–Kier alpha value is -3.49. The summed E-state index contributed by atoms with van der Waals surface area (Å²) in [6.45, 7) is 0.489. The van der Waals surface area contributed by atoms with Crippen molar-refractivity contribution in [2.45, 2.75) is 6.42 Å². The van der Waals surface area contributed by atoms with Crippen LogP contribution in [0, 0.1) is 17.5 Å². The van der Waals surface area contributed by atoms with Crippen LogP contribution in [0.25, 0.3) is 0 Å². The van der Waals surface area contributed by atoms with Gasteiger partial charge < -0.3 is 10.2 Å². The molecule has 0 saturated heterocycles. The Morgan fingerprint density at radius 1 is 1.04 bits per heavy atom. The second kappa shape index (κ2) is 8.47. The molecule has 6 nitrogen and oxygen atoms in total. The van der Waals surface area contributed by atoms with Gasteiger partial charge in [-0.3, -0.25) is 9.78 Å². The number of amides is 1. The van der Waals surface area contributed by atoms with Crippen LogP contribution in [0.15, 0.2) is 49.1 Å². The molecule has 2 aromatic heterocycles. The monoisotopic (exact) mass is 387 g/mol. The summed E-state index contributed by atoms with van der Waals surface area (Å²) in [4.78, 5) is 25.8. The summed E-state index contributed by atoms with van der Waals surface area (Å²) in [6.07, 6.45) is 6.59. The highest BCUT2D eigenvalue weighted by Crippen LogP contribution is 2.21. The van der Waals surface area contributed by atoms with E-state index in [1.54, 1.807) is 19.4 Å². The van der Waals surface area contributed by atoms with Crippen molar-refractivity contribution >= 4 is 17.5 Å². The maximum atomic E-state index is 13.7. The third kappa shape index (κ3) is 4.43. The fourth-order valence-electron chi connectivity index (χ4n) is 2.41. The molecule has 0 aliphatic heterocycles. The zero-order chi connectivity index (χ0) is 20.1. The fourth-order valence-corrected chi connectivity index (χ4v) is 2.41. The van der Waals surface area contributed by atoms with E-state index in [2.05, 4.69) is 20.3 Å². The molecule has 0 aliphatic carbocycles. The Morgan fingerprint density at radius 2 is 1.71 bits per heavy atom.